The van der Waals surface area contributed by atoms with E-state index in [1.807, 2.05) is 25.1 Å². The molecule has 0 aromatic carbocycles. The van der Waals surface area contributed by atoms with Gasteiger partial charge in [0.1, 0.15) is 5.82 Å². The molecule has 2 rings (SSSR count). The molecule has 0 aliphatic carbocycles. The van der Waals surface area contributed by atoms with Gasteiger partial charge in [-0.3, -0.25) is 0 Å². The van der Waals surface area contributed by atoms with E-state index in [4.69, 9.17) is 10.5 Å². The van der Waals surface area contributed by atoms with E-state index >= 15 is 0 Å². The molecule has 0 aliphatic heterocycles. The Kier molecular flexibility index (Phi) is 3.40. The minimum Gasteiger partial charge on any atom is -0.478 e. The Morgan fingerprint density at radius 2 is 2.06 bits per heavy atom. The molecule has 88 valence electrons. The van der Waals surface area contributed by atoms with Crippen LogP contribution in [0, 0.1) is 0 Å². The third-order valence-corrected chi connectivity index (χ3v) is 2.09. The number of nitrogens with two attached hydrogens (primary N) is 1. The predicted octanol–water partition coefficient (Wildman–Crippen LogP) is 2.20. The number of anilines is 3. The van der Waals surface area contributed by atoms with Crippen LogP contribution in [0.15, 0.2) is 36.7 Å². The van der Waals surface area contributed by atoms with Gasteiger partial charge < -0.3 is 15.8 Å². The van der Waals surface area contributed by atoms with Crippen LogP contribution in [0.3, 0.4) is 0 Å². The van der Waals surface area contributed by atoms with Gasteiger partial charge in [-0.05, 0) is 25.1 Å². The summed E-state index contributed by atoms with van der Waals surface area (Å²) in [4.78, 5) is 8.28. The summed E-state index contributed by atoms with van der Waals surface area (Å²) in [7, 11) is 0. The van der Waals surface area contributed by atoms with Gasteiger partial charge in [-0.2, -0.15) is 0 Å². The highest BCUT2D eigenvalue weighted by Crippen LogP contribution is 2.16. The summed E-state index contributed by atoms with van der Waals surface area (Å²) < 4.78 is 5.26. The number of rotatable bonds is 4. The summed E-state index contributed by atoms with van der Waals surface area (Å²) in [6.45, 7) is 2.53. The lowest BCUT2D eigenvalue weighted by Gasteiger charge is -2.06. The highest BCUT2D eigenvalue weighted by atomic mass is 16.5. The fraction of sp³-hybridized carbons (Fsp3) is 0.167. The van der Waals surface area contributed by atoms with Crippen molar-refractivity contribution in [1.29, 1.82) is 0 Å². The van der Waals surface area contributed by atoms with Crippen molar-refractivity contribution in [2.45, 2.75) is 6.92 Å². The van der Waals surface area contributed by atoms with E-state index in [2.05, 4.69) is 15.3 Å². The van der Waals surface area contributed by atoms with Gasteiger partial charge in [0, 0.05) is 6.07 Å². The molecule has 0 amide bonds. The molecule has 2 heterocycles. The summed E-state index contributed by atoms with van der Waals surface area (Å²) >= 11 is 0. The molecule has 5 nitrogen and oxygen atoms in total. The molecule has 0 aliphatic rings. The molecule has 0 saturated heterocycles. The van der Waals surface area contributed by atoms with Gasteiger partial charge >= 0.3 is 0 Å². The summed E-state index contributed by atoms with van der Waals surface area (Å²) in [5.74, 6) is 1.34. The largest absolute Gasteiger partial charge is 0.478 e. The van der Waals surface area contributed by atoms with Gasteiger partial charge in [-0.15, -0.1) is 0 Å². The van der Waals surface area contributed by atoms with Crippen molar-refractivity contribution in [3.8, 4) is 5.88 Å². The molecule has 0 saturated carbocycles. The molecule has 0 atom stereocenters. The minimum absolute atomic E-state index is 0.610. The fourth-order valence-electron chi connectivity index (χ4n) is 1.31. The minimum atomic E-state index is 0.610. The quantitative estimate of drug-likeness (QED) is 0.842. The maximum atomic E-state index is 5.55. The highest BCUT2D eigenvalue weighted by Gasteiger charge is 1.98. The third-order valence-electron chi connectivity index (χ3n) is 2.09. The van der Waals surface area contributed by atoms with Crippen LogP contribution in [-0.2, 0) is 0 Å². The molecule has 0 bridgehead atoms. The molecule has 0 fully saturated rings. The molecule has 0 spiro atoms. The second kappa shape index (κ2) is 5.16. The summed E-state index contributed by atoms with van der Waals surface area (Å²) in [5.41, 5.74) is 7.05. The Balaban J connectivity index is 2.05. The Labute approximate surface area is 99.7 Å². The van der Waals surface area contributed by atoms with Crippen molar-refractivity contribution in [1.82, 2.24) is 9.97 Å². The average molecular weight is 230 g/mol. The Morgan fingerprint density at radius 3 is 2.65 bits per heavy atom. The zero-order valence-corrected chi connectivity index (χ0v) is 9.55. The van der Waals surface area contributed by atoms with Crippen LogP contribution in [0.1, 0.15) is 6.92 Å². The first-order valence-electron chi connectivity index (χ1n) is 5.35. The van der Waals surface area contributed by atoms with Gasteiger partial charge in [0.25, 0.3) is 0 Å². The van der Waals surface area contributed by atoms with E-state index in [-0.39, 0.29) is 0 Å². The van der Waals surface area contributed by atoms with E-state index in [0.29, 0.717) is 18.2 Å². The number of nitrogens with one attached hydrogen (secondary N) is 1. The standard InChI is InChI=1S/C12H14N4O/c1-2-17-12-6-4-10(8-15-12)16-11-5-3-9(13)7-14-11/h3-8H,2,13H2,1H3,(H,14,16). The van der Waals surface area contributed by atoms with Crippen molar-refractivity contribution in [3.63, 3.8) is 0 Å². The number of ether oxygens (including phenoxy) is 1. The van der Waals surface area contributed by atoms with E-state index < -0.39 is 0 Å². The maximum absolute atomic E-state index is 5.55. The van der Waals surface area contributed by atoms with Crippen LogP contribution in [0.4, 0.5) is 17.2 Å². The lowest BCUT2D eigenvalue weighted by atomic mass is 10.4. The van der Waals surface area contributed by atoms with E-state index in [9.17, 15) is 0 Å². The monoisotopic (exact) mass is 230 g/mol. The van der Waals surface area contributed by atoms with Gasteiger partial charge in [0.2, 0.25) is 5.88 Å². The SMILES string of the molecule is CCOc1ccc(Nc2ccc(N)cn2)cn1. The molecule has 0 radical (unpaired) electrons. The Morgan fingerprint density at radius 1 is 1.18 bits per heavy atom. The van der Waals surface area contributed by atoms with Crippen molar-refractivity contribution in [2.75, 3.05) is 17.7 Å². The molecule has 2 aromatic heterocycles. The molecular formula is C12H14N4O. The first kappa shape index (κ1) is 11.2. The zero-order valence-electron chi connectivity index (χ0n) is 9.55. The lowest BCUT2D eigenvalue weighted by molar-refractivity contribution is 0.327. The Bertz CT molecular complexity index is 467. The number of hydrogen-bond donors (Lipinski definition) is 2. The van der Waals surface area contributed by atoms with E-state index in [1.165, 1.54) is 0 Å². The topological polar surface area (TPSA) is 73.1 Å². The first-order valence-corrected chi connectivity index (χ1v) is 5.35. The fourth-order valence-corrected chi connectivity index (χ4v) is 1.31. The highest BCUT2D eigenvalue weighted by molar-refractivity contribution is 5.56. The smallest absolute Gasteiger partial charge is 0.213 e. The van der Waals surface area contributed by atoms with E-state index in [0.717, 1.165) is 11.5 Å². The van der Waals surface area contributed by atoms with Crippen LogP contribution in [0.5, 0.6) is 5.88 Å². The Hall–Kier alpha value is -2.30. The third kappa shape index (κ3) is 3.07. The summed E-state index contributed by atoms with van der Waals surface area (Å²) in [6, 6.07) is 7.29. The number of nitrogen functional groups attached to an aromatic ring is 1. The number of aromatic nitrogens is 2. The van der Waals surface area contributed by atoms with Gasteiger partial charge in [-0.25, -0.2) is 9.97 Å². The molecule has 3 N–H and O–H groups in total. The van der Waals surface area contributed by atoms with Gasteiger partial charge in [-0.1, -0.05) is 0 Å². The number of hydrogen-bond acceptors (Lipinski definition) is 5. The second-order valence-electron chi connectivity index (χ2n) is 3.42. The van der Waals surface area contributed by atoms with Crippen LogP contribution in [0.25, 0.3) is 0 Å². The number of pyridine rings is 2. The van der Waals surface area contributed by atoms with Gasteiger partial charge in [0.15, 0.2) is 0 Å². The van der Waals surface area contributed by atoms with Crippen molar-refractivity contribution < 1.29 is 4.74 Å². The molecule has 5 heteroatoms. The van der Waals surface area contributed by atoms with Crippen LogP contribution in [0.2, 0.25) is 0 Å². The summed E-state index contributed by atoms with van der Waals surface area (Å²) in [5, 5.41) is 3.12. The molecular weight excluding hydrogens is 216 g/mol. The first-order chi connectivity index (χ1) is 8.28. The lowest BCUT2D eigenvalue weighted by Crippen LogP contribution is -1.97. The molecule has 17 heavy (non-hydrogen) atoms. The zero-order chi connectivity index (χ0) is 12.1. The van der Waals surface area contributed by atoms with Crippen molar-refractivity contribution in [2.24, 2.45) is 0 Å². The van der Waals surface area contributed by atoms with Crippen LogP contribution >= 0.6 is 0 Å². The second-order valence-corrected chi connectivity index (χ2v) is 3.42. The summed E-state index contributed by atoms with van der Waals surface area (Å²) in [6.07, 6.45) is 3.30. The van der Waals surface area contributed by atoms with Crippen LogP contribution < -0.4 is 15.8 Å². The molecule has 0 unspecified atom stereocenters. The van der Waals surface area contributed by atoms with Crippen LogP contribution in [-0.4, -0.2) is 16.6 Å². The predicted molar refractivity (Wildman–Crippen MR) is 67.3 cm³/mol. The maximum Gasteiger partial charge on any atom is 0.213 e. The average Bonchev–Trinajstić information content (AvgIpc) is 2.35. The van der Waals surface area contributed by atoms with Gasteiger partial charge in [0.05, 0.1) is 30.4 Å². The van der Waals surface area contributed by atoms with Crippen molar-refractivity contribution in [3.05, 3.63) is 36.7 Å². The molecule has 2 aromatic rings. The van der Waals surface area contributed by atoms with Crippen molar-refractivity contribution >= 4 is 17.2 Å². The normalized spacial score (nSPS) is 9.94. The van der Waals surface area contributed by atoms with E-state index in [1.54, 1.807) is 18.5 Å². The number of nitrogens with zero attached hydrogens (tertiary/aromatic N) is 2.